The third-order valence-electron chi connectivity index (χ3n) is 4.96. The fourth-order valence-electron chi connectivity index (χ4n) is 3.91. The summed E-state index contributed by atoms with van der Waals surface area (Å²) in [6.07, 6.45) is 6.80. The van der Waals surface area contributed by atoms with Crippen LogP contribution in [0.2, 0.25) is 0 Å². The Morgan fingerprint density at radius 1 is 1.05 bits per heavy atom. The van der Waals surface area contributed by atoms with Gasteiger partial charge in [-0.2, -0.15) is 0 Å². The Labute approximate surface area is 125 Å². The predicted octanol–water partition coefficient (Wildman–Crippen LogP) is 4.57. The molecule has 0 saturated heterocycles. The molecule has 2 unspecified atom stereocenters. The number of hydrogen-bond acceptors (Lipinski definition) is 1. The number of benzene rings is 1. The van der Waals surface area contributed by atoms with Crippen LogP contribution in [0.5, 0.6) is 0 Å². The fourth-order valence-corrected chi connectivity index (χ4v) is 3.91. The van der Waals surface area contributed by atoms with Crippen molar-refractivity contribution < 1.29 is 0 Å². The minimum atomic E-state index is 0.888. The molecule has 20 heavy (non-hydrogen) atoms. The molecule has 2 rings (SSSR count). The largest absolute Gasteiger partial charge is 0.316 e. The summed E-state index contributed by atoms with van der Waals surface area (Å²) in [5.41, 5.74) is 6.00. The number of hydrogen-bond donors (Lipinski definition) is 1. The van der Waals surface area contributed by atoms with E-state index in [9.17, 15) is 0 Å². The first-order valence-corrected chi connectivity index (χ1v) is 8.39. The Hall–Kier alpha value is -0.820. The van der Waals surface area contributed by atoms with Gasteiger partial charge in [0.1, 0.15) is 0 Å². The van der Waals surface area contributed by atoms with E-state index in [0.717, 1.165) is 11.8 Å². The first-order chi connectivity index (χ1) is 9.61. The summed E-state index contributed by atoms with van der Waals surface area (Å²) in [5.74, 6) is 1.78. The number of rotatable bonds is 6. The van der Waals surface area contributed by atoms with E-state index >= 15 is 0 Å². The van der Waals surface area contributed by atoms with E-state index in [2.05, 4.69) is 45.1 Å². The molecule has 1 aromatic rings. The minimum Gasteiger partial charge on any atom is -0.316 e. The molecule has 2 atom stereocenters. The zero-order valence-corrected chi connectivity index (χ0v) is 13.8. The van der Waals surface area contributed by atoms with E-state index in [4.69, 9.17) is 0 Å². The normalized spacial score (nSPS) is 22.4. The summed E-state index contributed by atoms with van der Waals surface area (Å²) in [6, 6.07) is 4.70. The van der Waals surface area contributed by atoms with E-state index in [1.807, 2.05) is 0 Å². The van der Waals surface area contributed by atoms with Crippen molar-refractivity contribution in [3.8, 4) is 0 Å². The summed E-state index contributed by atoms with van der Waals surface area (Å²) < 4.78 is 0. The van der Waals surface area contributed by atoms with Crippen LogP contribution in [-0.4, -0.2) is 13.1 Å². The Kier molecular flexibility index (Phi) is 5.65. The molecule has 0 aliphatic heterocycles. The second kappa shape index (κ2) is 7.26. The summed E-state index contributed by atoms with van der Waals surface area (Å²) in [4.78, 5) is 0. The molecular weight excluding hydrogens is 242 g/mol. The maximum Gasteiger partial charge on any atom is -0.00178 e. The van der Waals surface area contributed by atoms with Gasteiger partial charge in [-0.1, -0.05) is 31.0 Å². The SMILES string of the molecule is CCCNCC1CCCC1Cc1c(C)cc(C)cc1C. The Balaban J connectivity index is 2.01. The zero-order chi connectivity index (χ0) is 14.5. The summed E-state index contributed by atoms with van der Waals surface area (Å²) in [6.45, 7) is 11.4. The van der Waals surface area contributed by atoms with Gasteiger partial charge in [0.05, 0.1) is 0 Å². The lowest BCUT2D eigenvalue weighted by atomic mass is 9.85. The smallest absolute Gasteiger partial charge is 0.00178 e. The molecule has 1 aliphatic carbocycles. The lowest BCUT2D eigenvalue weighted by Crippen LogP contribution is -2.27. The third kappa shape index (κ3) is 3.85. The van der Waals surface area contributed by atoms with Crippen molar-refractivity contribution in [2.24, 2.45) is 11.8 Å². The van der Waals surface area contributed by atoms with Crippen LogP contribution in [0.15, 0.2) is 12.1 Å². The maximum atomic E-state index is 3.63. The van der Waals surface area contributed by atoms with Crippen LogP contribution < -0.4 is 5.32 Å². The quantitative estimate of drug-likeness (QED) is 0.749. The topological polar surface area (TPSA) is 12.0 Å². The molecule has 0 aromatic heterocycles. The van der Waals surface area contributed by atoms with Gasteiger partial charge in [0.25, 0.3) is 0 Å². The molecule has 1 heteroatoms. The second-order valence-electron chi connectivity index (χ2n) is 6.74. The van der Waals surface area contributed by atoms with Gasteiger partial charge in [-0.15, -0.1) is 0 Å². The molecule has 112 valence electrons. The highest BCUT2D eigenvalue weighted by Gasteiger charge is 2.27. The van der Waals surface area contributed by atoms with Crippen LogP contribution in [-0.2, 0) is 6.42 Å². The minimum absolute atomic E-state index is 0.888. The molecule has 1 N–H and O–H groups in total. The van der Waals surface area contributed by atoms with E-state index in [-0.39, 0.29) is 0 Å². The highest BCUT2D eigenvalue weighted by atomic mass is 14.9. The standard InChI is InChI=1S/C19H31N/c1-5-9-20-13-18-8-6-7-17(18)12-19-15(3)10-14(2)11-16(19)4/h10-11,17-18,20H,5-9,12-13H2,1-4H3. The molecule has 0 spiro atoms. The molecule has 0 bridgehead atoms. The Morgan fingerprint density at radius 3 is 2.35 bits per heavy atom. The van der Waals surface area contributed by atoms with E-state index < -0.39 is 0 Å². The van der Waals surface area contributed by atoms with E-state index in [1.165, 1.54) is 61.9 Å². The molecular formula is C19H31N. The lowest BCUT2D eigenvalue weighted by Gasteiger charge is -2.22. The number of nitrogens with one attached hydrogen (secondary N) is 1. The highest BCUT2D eigenvalue weighted by molar-refractivity contribution is 5.37. The summed E-state index contributed by atoms with van der Waals surface area (Å²) in [5, 5.41) is 3.63. The van der Waals surface area contributed by atoms with Crippen LogP contribution in [0.1, 0.15) is 54.9 Å². The second-order valence-corrected chi connectivity index (χ2v) is 6.74. The van der Waals surface area contributed by atoms with Crippen molar-refractivity contribution in [1.82, 2.24) is 5.32 Å². The summed E-state index contributed by atoms with van der Waals surface area (Å²) >= 11 is 0. The van der Waals surface area contributed by atoms with Crippen molar-refractivity contribution in [2.75, 3.05) is 13.1 Å². The van der Waals surface area contributed by atoms with Crippen molar-refractivity contribution in [2.45, 2.75) is 59.8 Å². The molecule has 1 saturated carbocycles. The van der Waals surface area contributed by atoms with Gasteiger partial charge in [0, 0.05) is 0 Å². The average molecular weight is 273 g/mol. The predicted molar refractivity (Wildman–Crippen MR) is 88.3 cm³/mol. The highest BCUT2D eigenvalue weighted by Crippen LogP contribution is 2.35. The number of aryl methyl sites for hydroxylation is 3. The van der Waals surface area contributed by atoms with Crippen LogP contribution in [0.25, 0.3) is 0 Å². The van der Waals surface area contributed by atoms with Gasteiger partial charge in [-0.05, 0) is 88.1 Å². The van der Waals surface area contributed by atoms with Crippen LogP contribution in [0.4, 0.5) is 0 Å². The van der Waals surface area contributed by atoms with Gasteiger partial charge < -0.3 is 5.32 Å². The molecule has 0 amide bonds. The Bertz CT molecular complexity index is 412. The third-order valence-corrected chi connectivity index (χ3v) is 4.96. The van der Waals surface area contributed by atoms with Gasteiger partial charge >= 0.3 is 0 Å². The van der Waals surface area contributed by atoms with Gasteiger partial charge in [-0.25, -0.2) is 0 Å². The first kappa shape index (κ1) is 15.6. The van der Waals surface area contributed by atoms with Crippen LogP contribution in [0.3, 0.4) is 0 Å². The monoisotopic (exact) mass is 273 g/mol. The molecule has 1 fully saturated rings. The van der Waals surface area contributed by atoms with Gasteiger partial charge in [-0.3, -0.25) is 0 Å². The average Bonchev–Trinajstić information content (AvgIpc) is 2.81. The van der Waals surface area contributed by atoms with E-state index in [0.29, 0.717) is 0 Å². The maximum absolute atomic E-state index is 3.63. The van der Waals surface area contributed by atoms with Gasteiger partial charge in [0.15, 0.2) is 0 Å². The van der Waals surface area contributed by atoms with Crippen molar-refractivity contribution in [1.29, 1.82) is 0 Å². The fraction of sp³-hybridized carbons (Fsp3) is 0.684. The molecule has 1 aliphatic rings. The zero-order valence-electron chi connectivity index (χ0n) is 13.8. The van der Waals surface area contributed by atoms with Crippen LogP contribution in [0, 0.1) is 32.6 Å². The molecule has 0 heterocycles. The van der Waals surface area contributed by atoms with Gasteiger partial charge in [0.2, 0.25) is 0 Å². The summed E-state index contributed by atoms with van der Waals surface area (Å²) in [7, 11) is 0. The Morgan fingerprint density at radius 2 is 1.70 bits per heavy atom. The molecule has 1 nitrogen and oxygen atoms in total. The lowest BCUT2D eigenvalue weighted by molar-refractivity contribution is 0.364. The first-order valence-electron chi connectivity index (χ1n) is 8.39. The van der Waals surface area contributed by atoms with Crippen molar-refractivity contribution >= 4 is 0 Å². The van der Waals surface area contributed by atoms with E-state index in [1.54, 1.807) is 5.56 Å². The molecule has 1 aromatic carbocycles. The van der Waals surface area contributed by atoms with Crippen molar-refractivity contribution in [3.05, 3.63) is 34.4 Å². The van der Waals surface area contributed by atoms with Crippen molar-refractivity contribution in [3.63, 3.8) is 0 Å². The molecule has 0 radical (unpaired) electrons. The van der Waals surface area contributed by atoms with Crippen LogP contribution >= 0.6 is 0 Å².